The highest BCUT2D eigenvalue weighted by Gasteiger charge is 2.23. The molecule has 0 fully saturated rings. The van der Waals surface area contributed by atoms with Crippen molar-refractivity contribution in [3.63, 3.8) is 0 Å². The number of halogens is 1. The fraction of sp³-hybridized carbons (Fsp3) is 0.136. The van der Waals surface area contributed by atoms with Crippen LogP contribution < -0.4 is 11.0 Å². The topological polar surface area (TPSA) is 80.0 Å². The molecule has 0 amide bonds. The van der Waals surface area contributed by atoms with Gasteiger partial charge in [-0.3, -0.25) is 4.57 Å². The van der Waals surface area contributed by atoms with Crippen LogP contribution >= 0.6 is 0 Å². The van der Waals surface area contributed by atoms with E-state index in [1.165, 1.54) is 17.7 Å². The van der Waals surface area contributed by atoms with Crippen LogP contribution in [0.5, 0.6) is 0 Å². The summed E-state index contributed by atoms with van der Waals surface area (Å²) >= 11 is 0. The molecule has 4 aromatic rings. The average molecular weight is 402 g/mol. The predicted molar refractivity (Wildman–Crippen MR) is 114 cm³/mol. The van der Waals surface area contributed by atoms with E-state index in [0.717, 1.165) is 11.1 Å². The van der Waals surface area contributed by atoms with Gasteiger partial charge in [-0.15, -0.1) is 0 Å². The van der Waals surface area contributed by atoms with E-state index in [1.54, 1.807) is 29.4 Å². The highest BCUT2D eigenvalue weighted by atomic mass is 19.1. The Morgan fingerprint density at radius 1 is 1.00 bits per heavy atom. The van der Waals surface area contributed by atoms with E-state index in [0.29, 0.717) is 36.1 Å². The van der Waals surface area contributed by atoms with Gasteiger partial charge in [-0.1, -0.05) is 42.0 Å². The molecule has 1 aliphatic heterocycles. The van der Waals surface area contributed by atoms with Crippen LogP contribution in [-0.4, -0.2) is 25.4 Å². The van der Waals surface area contributed by atoms with Crippen molar-refractivity contribution in [2.24, 2.45) is 4.99 Å². The number of aromatic nitrogens is 4. The van der Waals surface area contributed by atoms with Crippen LogP contribution in [0.4, 0.5) is 16.0 Å². The Kier molecular flexibility index (Phi) is 4.31. The molecular weight excluding hydrogens is 383 g/mol. The lowest BCUT2D eigenvalue weighted by molar-refractivity contribution is 0.626. The minimum Gasteiger partial charge on any atom is -0.330 e. The molecule has 0 aliphatic carbocycles. The molecule has 0 bridgehead atoms. The lowest BCUT2D eigenvalue weighted by atomic mass is 10.1. The highest BCUT2D eigenvalue weighted by Crippen LogP contribution is 2.34. The third-order valence-electron chi connectivity index (χ3n) is 5.15. The zero-order chi connectivity index (χ0) is 20.7. The maximum Gasteiger partial charge on any atom is 0.327 e. The minimum absolute atomic E-state index is 0.220. The summed E-state index contributed by atoms with van der Waals surface area (Å²) in [6.07, 6.45) is 3.24. The molecule has 0 spiro atoms. The molecule has 8 heteroatoms. The van der Waals surface area contributed by atoms with E-state index < -0.39 is 0 Å². The number of aliphatic imine (C=N–C) groups is 1. The summed E-state index contributed by atoms with van der Waals surface area (Å²) in [5.41, 5.74) is 4.08. The highest BCUT2D eigenvalue weighted by molar-refractivity contribution is 5.90. The third-order valence-corrected chi connectivity index (χ3v) is 5.15. The molecule has 3 heterocycles. The number of hydrogen-bond donors (Lipinski definition) is 2. The van der Waals surface area contributed by atoms with Crippen LogP contribution in [0.25, 0.3) is 11.4 Å². The Balaban J connectivity index is 1.52. The van der Waals surface area contributed by atoms with Gasteiger partial charge >= 0.3 is 5.69 Å². The normalized spacial score (nSPS) is 12.2. The number of aromatic amines is 1. The van der Waals surface area contributed by atoms with E-state index in [-0.39, 0.29) is 11.5 Å². The van der Waals surface area contributed by atoms with Gasteiger partial charge in [0.15, 0.2) is 5.82 Å². The van der Waals surface area contributed by atoms with Gasteiger partial charge in [-0.25, -0.2) is 19.2 Å². The first-order valence-corrected chi connectivity index (χ1v) is 9.56. The van der Waals surface area contributed by atoms with Crippen molar-refractivity contribution in [2.75, 3.05) is 5.32 Å². The van der Waals surface area contributed by atoms with Crippen molar-refractivity contribution in [3.05, 3.63) is 87.9 Å². The van der Waals surface area contributed by atoms with Crippen LogP contribution in [0.3, 0.4) is 0 Å². The molecule has 7 nitrogen and oxygen atoms in total. The monoisotopic (exact) mass is 402 g/mol. The van der Waals surface area contributed by atoms with Crippen molar-refractivity contribution >= 4 is 18.0 Å². The van der Waals surface area contributed by atoms with Crippen molar-refractivity contribution in [3.8, 4) is 11.4 Å². The minimum atomic E-state index is -0.275. The van der Waals surface area contributed by atoms with Gasteiger partial charge in [-0.2, -0.15) is 0 Å². The fourth-order valence-electron chi connectivity index (χ4n) is 3.56. The summed E-state index contributed by atoms with van der Waals surface area (Å²) in [6.45, 7) is 2.95. The van der Waals surface area contributed by atoms with Crippen LogP contribution in [0.1, 0.15) is 16.7 Å². The Hall–Kier alpha value is -3.94. The van der Waals surface area contributed by atoms with Gasteiger partial charge < -0.3 is 14.9 Å². The van der Waals surface area contributed by atoms with Crippen molar-refractivity contribution in [2.45, 2.75) is 20.0 Å². The quantitative estimate of drug-likeness (QED) is 0.547. The van der Waals surface area contributed by atoms with Crippen molar-refractivity contribution in [1.29, 1.82) is 0 Å². The number of imidazole rings is 2. The number of nitrogens with one attached hydrogen (secondary N) is 2. The molecule has 0 saturated heterocycles. The van der Waals surface area contributed by atoms with E-state index >= 15 is 0 Å². The SMILES string of the molecule is Cc1ccc(Cn2c3c([nH]c2=O)-c2ncn(Cc4ccc(F)cc4)c2N=CN3)cc1. The lowest BCUT2D eigenvalue weighted by Gasteiger charge is -2.07. The van der Waals surface area contributed by atoms with Gasteiger partial charge in [0.25, 0.3) is 0 Å². The number of benzene rings is 2. The summed E-state index contributed by atoms with van der Waals surface area (Å²) in [7, 11) is 0. The molecule has 30 heavy (non-hydrogen) atoms. The van der Waals surface area contributed by atoms with Gasteiger partial charge in [-0.05, 0) is 30.2 Å². The molecule has 2 N–H and O–H groups in total. The number of rotatable bonds is 4. The maximum absolute atomic E-state index is 13.2. The molecular formula is C22H19FN6O. The summed E-state index contributed by atoms with van der Waals surface area (Å²) in [5.74, 6) is 0.965. The third kappa shape index (κ3) is 3.22. The Morgan fingerprint density at radius 2 is 1.70 bits per heavy atom. The predicted octanol–water partition coefficient (Wildman–Crippen LogP) is 3.67. The molecule has 0 radical (unpaired) electrons. The van der Waals surface area contributed by atoms with Gasteiger partial charge in [0, 0.05) is 0 Å². The Bertz CT molecular complexity index is 1300. The number of fused-ring (bicyclic) bond motifs is 3. The average Bonchev–Trinajstić information content (AvgIpc) is 3.21. The Labute approximate surface area is 171 Å². The summed E-state index contributed by atoms with van der Waals surface area (Å²) in [4.78, 5) is 24.6. The molecule has 1 aliphatic rings. The maximum atomic E-state index is 13.2. The first-order chi connectivity index (χ1) is 14.6. The molecule has 2 aromatic heterocycles. The van der Waals surface area contributed by atoms with Crippen LogP contribution in [0, 0.1) is 12.7 Å². The second-order valence-electron chi connectivity index (χ2n) is 7.30. The number of hydrogen-bond acceptors (Lipinski definition) is 4. The smallest absolute Gasteiger partial charge is 0.327 e. The summed E-state index contributed by atoms with van der Waals surface area (Å²) in [5, 5.41) is 3.11. The van der Waals surface area contributed by atoms with Gasteiger partial charge in [0.1, 0.15) is 23.0 Å². The van der Waals surface area contributed by atoms with E-state index in [4.69, 9.17) is 0 Å². The zero-order valence-corrected chi connectivity index (χ0v) is 16.3. The van der Waals surface area contributed by atoms with Crippen molar-refractivity contribution in [1.82, 2.24) is 19.1 Å². The van der Waals surface area contributed by atoms with Gasteiger partial charge in [0.05, 0.1) is 25.8 Å². The number of aryl methyl sites for hydroxylation is 1. The lowest BCUT2D eigenvalue weighted by Crippen LogP contribution is -2.19. The largest absolute Gasteiger partial charge is 0.330 e. The van der Waals surface area contributed by atoms with Crippen LogP contribution in [0.2, 0.25) is 0 Å². The summed E-state index contributed by atoms with van der Waals surface area (Å²) < 4.78 is 16.7. The van der Waals surface area contributed by atoms with E-state index in [2.05, 4.69) is 20.3 Å². The first kappa shape index (κ1) is 18.1. The second-order valence-corrected chi connectivity index (χ2v) is 7.30. The van der Waals surface area contributed by atoms with E-state index in [9.17, 15) is 9.18 Å². The second kappa shape index (κ2) is 7.14. The molecule has 0 saturated carbocycles. The molecule has 5 rings (SSSR count). The Morgan fingerprint density at radius 3 is 2.47 bits per heavy atom. The standard InChI is InChI=1S/C22H19FN6O/c1-14-2-4-16(5-3-14)11-29-21-19(27-22(29)30)18-20(24-12-25-21)28(13-26-18)10-15-6-8-17(23)9-7-15/h2-9,12-13H,10-11H2,1H3,(H,24,25)(H,27,30). The van der Waals surface area contributed by atoms with Crippen LogP contribution in [-0.2, 0) is 13.1 Å². The van der Waals surface area contributed by atoms with Gasteiger partial charge in [0.2, 0.25) is 0 Å². The number of anilines is 1. The molecule has 2 aromatic carbocycles. The first-order valence-electron chi connectivity index (χ1n) is 9.56. The fourth-order valence-corrected chi connectivity index (χ4v) is 3.56. The number of H-pyrrole nitrogens is 1. The van der Waals surface area contributed by atoms with Crippen molar-refractivity contribution < 1.29 is 4.39 Å². The molecule has 150 valence electrons. The van der Waals surface area contributed by atoms with Crippen LogP contribution in [0.15, 0.2) is 64.6 Å². The summed E-state index contributed by atoms with van der Waals surface area (Å²) in [6, 6.07) is 14.4. The molecule has 0 atom stereocenters. The van der Waals surface area contributed by atoms with E-state index in [1.807, 2.05) is 35.8 Å². The molecule has 0 unspecified atom stereocenters. The zero-order valence-electron chi connectivity index (χ0n) is 16.3. The number of nitrogens with zero attached hydrogens (tertiary/aromatic N) is 4.